The van der Waals surface area contributed by atoms with Gasteiger partial charge in [0, 0.05) is 18.0 Å². The number of nitrogens with one attached hydrogen (secondary N) is 1. The third-order valence-corrected chi connectivity index (χ3v) is 9.65. The quantitative estimate of drug-likeness (QED) is 0.152. The summed E-state index contributed by atoms with van der Waals surface area (Å²) in [6, 6.07) is 8.47. The summed E-state index contributed by atoms with van der Waals surface area (Å²) in [6.07, 6.45) is -6.97. The van der Waals surface area contributed by atoms with E-state index in [2.05, 4.69) is 10.3 Å². The lowest BCUT2D eigenvalue weighted by Gasteiger charge is -2.47. The van der Waals surface area contributed by atoms with Crippen molar-refractivity contribution in [2.75, 3.05) is 6.61 Å². The van der Waals surface area contributed by atoms with Gasteiger partial charge in [0.15, 0.2) is 18.3 Å². The highest BCUT2D eigenvalue weighted by molar-refractivity contribution is 7.09. The summed E-state index contributed by atoms with van der Waals surface area (Å²) in [4.78, 5) is 72.8. The monoisotopic (exact) mass is 846 g/mol. The molecule has 1 N–H and O–H groups in total. The summed E-state index contributed by atoms with van der Waals surface area (Å²) in [7, 11) is 0. The van der Waals surface area contributed by atoms with Crippen LogP contribution in [0.3, 0.4) is 0 Å². The summed E-state index contributed by atoms with van der Waals surface area (Å²) in [5.41, 5.74) is -4.06. The Morgan fingerprint density at radius 1 is 0.695 bits per heavy atom. The Balaban J connectivity index is 2.29. The number of carbonyl (C=O) groups is 5. The molecule has 0 unspecified atom stereocenters. The normalized spacial score (nSPS) is 21.4. The Hall–Kier alpha value is -4.08. The molecule has 1 fully saturated rings. The maximum atomic E-state index is 13.9. The minimum absolute atomic E-state index is 0.133. The van der Waals surface area contributed by atoms with Gasteiger partial charge < -0.3 is 38.5 Å². The largest absolute Gasteiger partial charge is 0.462 e. The van der Waals surface area contributed by atoms with Crippen LogP contribution in [-0.4, -0.2) is 83.7 Å². The van der Waals surface area contributed by atoms with Crippen LogP contribution < -0.4 is 5.32 Å². The number of rotatable bonds is 13. The Bertz CT molecular complexity index is 1710. The van der Waals surface area contributed by atoms with Crippen molar-refractivity contribution in [1.29, 1.82) is 0 Å². The summed E-state index contributed by atoms with van der Waals surface area (Å²) in [5.74, 6) is -2.58. The highest BCUT2D eigenvalue weighted by Gasteiger charge is 2.55. The summed E-state index contributed by atoms with van der Waals surface area (Å²) >= 11 is 1.31. The molecule has 0 saturated carbocycles. The molecule has 0 bridgehead atoms. The van der Waals surface area contributed by atoms with Crippen LogP contribution in [0.4, 0.5) is 4.79 Å². The first-order chi connectivity index (χ1) is 27.0. The lowest BCUT2D eigenvalue weighted by atomic mass is 9.88. The molecule has 330 valence electrons. The number of benzene rings is 1. The van der Waals surface area contributed by atoms with Gasteiger partial charge in [-0.3, -0.25) is 19.2 Å². The van der Waals surface area contributed by atoms with Crippen molar-refractivity contribution in [2.24, 2.45) is 21.7 Å². The number of carbonyl (C=O) groups excluding carboxylic acids is 5. The lowest BCUT2D eigenvalue weighted by molar-refractivity contribution is -0.262. The molecule has 0 spiro atoms. The van der Waals surface area contributed by atoms with Gasteiger partial charge in [-0.15, -0.1) is 11.3 Å². The van der Waals surface area contributed by atoms with Crippen LogP contribution in [0.2, 0.25) is 0 Å². The molecule has 2 aromatic rings. The van der Waals surface area contributed by atoms with Crippen LogP contribution in [0, 0.1) is 21.7 Å². The fraction of sp³-hybridized carbons (Fsp3) is 0.682. The minimum Gasteiger partial charge on any atom is -0.462 e. The standard InChI is InChI=1S/C44H66N2O12S/c1-40(2,3)35(47)53-25-29-32(56-37(49)42(7,8)9)33(57-38(50)43(10,11)12)31(55-36(48)41(4,5)6)28(54-29)23-27(46-39(51)58-44(13,14)15)30(34-45-21-22-59-34)52-24-26-19-17-16-18-20-26/h16-22,27-33H,23-25H2,1-15H3,(H,46,51)/t27-,28-,29+,30-,31-,32-,33+/m0/s1. The number of nitrogens with zero attached hydrogens (tertiary/aromatic N) is 1. The summed E-state index contributed by atoms with van der Waals surface area (Å²) in [5, 5.41) is 5.25. The number of ether oxygens (including phenoxy) is 7. The van der Waals surface area contributed by atoms with E-state index in [4.69, 9.17) is 33.2 Å². The van der Waals surface area contributed by atoms with E-state index in [1.165, 1.54) is 11.3 Å². The van der Waals surface area contributed by atoms with Crippen LogP contribution >= 0.6 is 11.3 Å². The second kappa shape index (κ2) is 19.5. The van der Waals surface area contributed by atoms with E-state index in [9.17, 15) is 24.0 Å². The smallest absolute Gasteiger partial charge is 0.407 e. The molecule has 7 atom stereocenters. The van der Waals surface area contributed by atoms with Crippen molar-refractivity contribution in [3.05, 3.63) is 52.5 Å². The van der Waals surface area contributed by atoms with Crippen molar-refractivity contribution < 1.29 is 57.1 Å². The Morgan fingerprint density at radius 2 is 1.19 bits per heavy atom. The molecule has 15 heteroatoms. The second-order valence-corrected chi connectivity index (χ2v) is 20.9. The van der Waals surface area contributed by atoms with Crippen LogP contribution in [0.5, 0.6) is 0 Å². The fourth-order valence-corrected chi connectivity index (χ4v) is 6.22. The van der Waals surface area contributed by atoms with Gasteiger partial charge in [-0.05, 0) is 109 Å². The molecule has 1 amide bonds. The molecule has 1 aliphatic heterocycles. The third kappa shape index (κ3) is 15.2. The highest BCUT2D eigenvalue weighted by atomic mass is 32.1. The predicted molar refractivity (Wildman–Crippen MR) is 221 cm³/mol. The van der Waals surface area contributed by atoms with Crippen molar-refractivity contribution in [3.8, 4) is 0 Å². The van der Waals surface area contributed by atoms with Gasteiger partial charge >= 0.3 is 30.0 Å². The number of alkyl carbamates (subject to hydrolysis) is 1. The lowest BCUT2D eigenvalue weighted by Crippen LogP contribution is -2.64. The third-order valence-electron chi connectivity index (χ3n) is 8.81. The van der Waals surface area contributed by atoms with Crippen molar-refractivity contribution in [3.63, 3.8) is 0 Å². The molecule has 14 nitrogen and oxygen atoms in total. The second-order valence-electron chi connectivity index (χ2n) is 20.0. The topological polar surface area (TPSA) is 175 Å². The minimum atomic E-state index is -1.47. The summed E-state index contributed by atoms with van der Waals surface area (Å²) in [6.45, 7) is 24.9. The summed E-state index contributed by atoms with van der Waals surface area (Å²) < 4.78 is 43.4. The van der Waals surface area contributed by atoms with E-state index < -0.39 is 107 Å². The number of esters is 4. The molecule has 1 aromatic carbocycles. The SMILES string of the molecule is CC(C)(C)OC(=O)N[C@@H](C[C@@H]1O[C@H](COC(=O)C(C)(C)C)[C@H](OC(=O)C(C)(C)C)[C@H](OC(=O)C(C)(C)C)[C@H]1OC(=O)C(C)(C)C)[C@H](OCc1ccccc1)c1nccs1. The first-order valence-electron chi connectivity index (χ1n) is 20.0. The van der Waals surface area contributed by atoms with E-state index in [1.54, 1.807) is 115 Å². The number of amides is 1. The molecular formula is C44H66N2O12S. The molecule has 1 aromatic heterocycles. The average molecular weight is 847 g/mol. The zero-order chi connectivity index (χ0) is 44.7. The van der Waals surface area contributed by atoms with Gasteiger partial charge in [-0.25, -0.2) is 9.78 Å². The first-order valence-corrected chi connectivity index (χ1v) is 20.9. The van der Waals surface area contributed by atoms with E-state index in [0.29, 0.717) is 5.01 Å². The molecule has 59 heavy (non-hydrogen) atoms. The van der Waals surface area contributed by atoms with Crippen LogP contribution in [0.1, 0.15) is 127 Å². The van der Waals surface area contributed by atoms with E-state index >= 15 is 0 Å². The van der Waals surface area contributed by atoms with E-state index in [1.807, 2.05) is 30.3 Å². The maximum absolute atomic E-state index is 13.9. The average Bonchev–Trinajstić information content (AvgIpc) is 3.62. The molecule has 2 heterocycles. The van der Waals surface area contributed by atoms with Crippen molar-refractivity contribution in [1.82, 2.24) is 10.3 Å². The number of thiazole rings is 1. The predicted octanol–water partition coefficient (Wildman–Crippen LogP) is 7.91. The Kier molecular flexibility index (Phi) is 16.3. The van der Waals surface area contributed by atoms with Crippen LogP contribution in [0.15, 0.2) is 41.9 Å². The van der Waals surface area contributed by atoms with E-state index in [0.717, 1.165) is 5.56 Å². The van der Waals surface area contributed by atoms with Gasteiger partial charge in [0.25, 0.3) is 0 Å². The molecule has 1 aliphatic rings. The van der Waals surface area contributed by atoms with Gasteiger partial charge in [-0.2, -0.15) is 0 Å². The highest BCUT2D eigenvalue weighted by Crippen LogP contribution is 2.38. The Labute approximate surface area is 353 Å². The van der Waals surface area contributed by atoms with Crippen LogP contribution in [0.25, 0.3) is 0 Å². The zero-order valence-corrected chi connectivity index (χ0v) is 38.3. The van der Waals surface area contributed by atoms with Crippen molar-refractivity contribution in [2.45, 2.75) is 165 Å². The number of hydrogen-bond donors (Lipinski definition) is 1. The van der Waals surface area contributed by atoms with Crippen LogP contribution in [-0.2, 0) is 58.9 Å². The molecule has 0 radical (unpaired) electrons. The fourth-order valence-electron chi connectivity index (χ4n) is 5.47. The number of aromatic nitrogens is 1. The molecular weight excluding hydrogens is 781 g/mol. The number of hydrogen-bond acceptors (Lipinski definition) is 14. The zero-order valence-electron chi connectivity index (χ0n) is 37.5. The molecule has 0 aliphatic carbocycles. The van der Waals surface area contributed by atoms with Gasteiger partial charge in [0.1, 0.15) is 35.5 Å². The first kappa shape index (κ1) is 49.3. The van der Waals surface area contributed by atoms with Crippen molar-refractivity contribution >= 4 is 41.3 Å². The molecule has 3 rings (SSSR count). The van der Waals surface area contributed by atoms with Gasteiger partial charge in [0.2, 0.25) is 0 Å². The molecule has 1 saturated heterocycles. The van der Waals surface area contributed by atoms with E-state index in [-0.39, 0.29) is 13.0 Å². The Morgan fingerprint density at radius 3 is 1.64 bits per heavy atom. The van der Waals surface area contributed by atoms with Gasteiger partial charge in [-0.1, -0.05) is 30.3 Å². The van der Waals surface area contributed by atoms with Gasteiger partial charge in [0.05, 0.1) is 34.3 Å². The maximum Gasteiger partial charge on any atom is 0.407 e.